The molecule has 1 rings (SSSR count). The van der Waals surface area contributed by atoms with E-state index in [0.717, 1.165) is 19.3 Å². The van der Waals surface area contributed by atoms with E-state index in [1.54, 1.807) is 0 Å². The summed E-state index contributed by atoms with van der Waals surface area (Å²) in [5.74, 6) is 0. The second-order valence-electron chi connectivity index (χ2n) is 4.76. The highest BCUT2D eigenvalue weighted by atomic mass is 19.1. The van der Waals surface area contributed by atoms with Crippen LogP contribution in [0.2, 0.25) is 0 Å². The van der Waals surface area contributed by atoms with E-state index >= 15 is 0 Å². The first-order valence-corrected chi connectivity index (χ1v) is 5.52. The van der Waals surface area contributed by atoms with Crippen molar-refractivity contribution in [3.63, 3.8) is 0 Å². The SMILES string of the molecule is CC[C@]1(NC)CC=CC(C)(CCF)C1. The zero-order chi connectivity index (χ0) is 10.7. The molecule has 0 fully saturated rings. The van der Waals surface area contributed by atoms with E-state index in [0.29, 0.717) is 6.42 Å². The van der Waals surface area contributed by atoms with E-state index in [-0.39, 0.29) is 17.6 Å². The topological polar surface area (TPSA) is 12.0 Å². The van der Waals surface area contributed by atoms with Crippen LogP contribution in [0, 0.1) is 5.41 Å². The minimum atomic E-state index is -0.218. The van der Waals surface area contributed by atoms with Crippen LogP contribution in [0.3, 0.4) is 0 Å². The molecule has 2 atom stereocenters. The highest BCUT2D eigenvalue weighted by Crippen LogP contribution is 2.40. The predicted octanol–water partition coefficient (Wildman–Crippen LogP) is 3.07. The predicted molar refractivity (Wildman–Crippen MR) is 59.2 cm³/mol. The Morgan fingerprint density at radius 3 is 2.71 bits per heavy atom. The molecular weight excluding hydrogens is 177 g/mol. The number of allylic oxidation sites excluding steroid dienone is 1. The highest BCUT2D eigenvalue weighted by molar-refractivity contribution is 5.11. The van der Waals surface area contributed by atoms with Crippen LogP contribution in [0.1, 0.15) is 39.5 Å². The number of halogens is 1. The van der Waals surface area contributed by atoms with Gasteiger partial charge in [0.05, 0.1) is 6.67 Å². The lowest BCUT2D eigenvalue weighted by Gasteiger charge is -2.42. The Balaban J connectivity index is 2.76. The molecule has 0 spiro atoms. The fourth-order valence-corrected chi connectivity index (χ4v) is 2.50. The molecule has 0 radical (unpaired) electrons. The average molecular weight is 199 g/mol. The summed E-state index contributed by atoms with van der Waals surface area (Å²) in [6.45, 7) is 4.14. The Kier molecular flexibility index (Phi) is 3.71. The van der Waals surface area contributed by atoms with Crippen molar-refractivity contribution in [1.29, 1.82) is 0 Å². The summed E-state index contributed by atoms with van der Waals surface area (Å²) < 4.78 is 12.4. The minimum absolute atomic E-state index is 0.0476. The Morgan fingerprint density at radius 2 is 2.21 bits per heavy atom. The smallest absolute Gasteiger partial charge is 0.0902 e. The minimum Gasteiger partial charge on any atom is -0.314 e. The fraction of sp³-hybridized carbons (Fsp3) is 0.833. The van der Waals surface area contributed by atoms with E-state index in [1.165, 1.54) is 0 Å². The number of hydrogen-bond donors (Lipinski definition) is 1. The third kappa shape index (κ3) is 2.35. The molecule has 0 aliphatic heterocycles. The quantitative estimate of drug-likeness (QED) is 0.686. The van der Waals surface area contributed by atoms with Gasteiger partial charge >= 0.3 is 0 Å². The first-order chi connectivity index (χ1) is 6.60. The van der Waals surface area contributed by atoms with Gasteiger partial charge in [-0.25, -0.2) is 0 Å². The summed E-state index contributed by atoms with van der Waals surface area (Å²) in [4.78, 5) is 0. The van der Waals surface area contributed by atoms with Gasteiger partial charge in [-0.1, -0.05) is 26.0 Å². The molecule has 0 aromatic heterocycles. The fourth-order valence-electron chi connectivity index (χ4n) is 2.50. The van der Waals surface area contributed by atoms with Gasteiger partial charge in [-0.3, -0.25) is 4.39 Å². The molecule has 1 aliphatic carbocycles. The lowest BCUT2D eigenvalue weighted by Crippen LogP contribution is -2.47. The monoisotopic (exact) mass is 199 g/mol. The molecule has 0 saturated heterocycles. The molecule has 0 bridgehead atoms. The van der Waals surface area contributed by atoms with E-state index in [4.69, 9.17) is 0 Å². The molecule has 2 heteroatoms. The molecule has 0 aromatic carbocycles. The average Bonchev–Trinajstić information content (AvgIpc) is 2.17. The van der Waals surface area contributed by atoms with Crippen LogP contribution in [-0.4, -0.2) is 19.3 Å². The van der Waals surface area contributed by atoms with Crippen molar-refractivity contribution in [2.45, 2.75) is 45.1 Å². The van der Waals surface area contributed by atoms with Gasteiger partial charge in [-0.15, -0.1) is 0 Å². The van der Waals surface area contributed by atoms with Crippen LogP contribution in [0.25, 0.3) is 0 Å². The van der Waals surface area contributed by atoms with Gasteiger partial charge in [-0.2, -0.15) is 0 Å². The number of hydrogen-bond acceptors (Lipinski definition) is 1. The van der Waals surface area contributed by atoms with Crippen molar-refractivity contribution in [2.75, 3.05) is 13.7 Å². The maximum atomic E-state index is 12.4. The molecule has 82 valence electrons. The van der Waals surface area contributed by atoms with Crippen molar-refractivity contribution < 1.29 is 4.39 Å². The number of nitrogens with one attached hydrogen (secondary N) is 1. The van der Waals surface area contributed by atoms with Crippen LogP contribution in [0.5, 0.6) is 0 Å². The maximum absolute atomic E-state index is 12.4. The largest absolute Gasteiger partial charge is 0.314 e. The van der Waals surface area contributed by atoms with Crippen LogP contribution in [-0.2, 0) is 0 Å². The molecule has 0 heterocycles. The van der Waals surface area contributed by atoms with E-state index in [9.17, 15) is 4.39 Å². The van der Waals surface area contributed by atoms with Crippen molar-refractivity contribution in [2.24, 2.45) is 5.41 Å². The summed E-state index contributed by atoms with van der Waals surface area (Å²) in [5.41, 5.74) is 0.241. The summed E-state index contributed by atoms with van der Waals surface area (Å²) >= 11 is 0. The number of rotatable bonds is 4. The number of alkyl halides is 1. The molecule has 14 heavy (non-hydrogen) atoms. The molecule has 1 aliphatic rings. The Morgan fingerprint density at radius 1 is 1.50 bits per heavy atom. The first kappa shape index (κ1) is 11.7. The van der Waals surface area contributed by atoms with Gasteiger partial charge in [0.1, 0.15) is 0 Å². The molecule has 0 aromatic rings. The zero-order valence-electron chi connectivity index (χ0n) is 9.57. The maximum Gasteiger partial charge on any atom is 0.0902 e. The van der Waals surface area contributed by atoms with Gasteiger partial charge in [-0.05, 0) is 38.1 Å². The normalized spacial score (nSPS) is 37.4. The van der Waals surface area contributed by atoms with E-state index in [2.05, 4.69) is 31.3 Å². The van der Waals surface area contributed by atoms with Crippen molar-refractivity contribution >= 4 is 0 Å². The van der Waals surface area contributed by atoms with Gasteiger partial charge in [0.25, 0.3) is 0 Å². The van der Waals surface area contributed by atoms with Crippen LogP contribution in [0.4, 0.5) is 4.39 Å². The van der Waals surface area contributed by atoms with Crippen LogP contribution < -0.4 is 5.32 Å². The Bertz CT molecular complexity index is 208. The standard InChI is InChI=1S/C12H22FN/c1-4-12(14-3)7-5-6-11(2,10-12)8-9-13/h5-6,14H,4,7-10H2,1-3H3/t11?,12-/m0/s1. The van der Waals surface area contributed by atoms with Crippen LogP contribution in [0.15, 0.2) is 12.2 Å². The molecular formula is C12H22FN. The third-order valence-electron chi connectivity index (χ3n) is 3.64. The lowest BCUT2D eigenvalue weighted by molar-refractivity contribution is 0.185. The summed E-state index contributed by atoms with van der Waals surface area (Å²) in [5, 5.41) is 3.41. The first-order valence-electron chi connectivity index (χ1n) is 5.52. The van der Waals surface area contributed by atoms with E-state index < -0.39 is 0 Å². The third-order valence-corrected chi connectivity index (χ3v) is 3.64. The zero-order valence-corrected chi connectivity index (χ0v) is 9.57. The lowest BCUT2D eigenvalue weighted by atomic mass is 9.69. The van der Waals surface area contributed by atoms with Gasteiger partial charge in [0.2, 0.25) is 0 Å². The highest BCUT2D eigenvalue weighted by Gasteiger charge is 2.36. The Labute approximate surface area is 86.8 Å². The van der Waals surface area contributed by atoms with Crippen molar-refractivity contribution in [3.05, 3.63) is 12.2 Å². The molecule has 1 nitrogen and oxygen atoms in total. The molecule has 1 N–H and O–H groups in total. The van der Waals surface area contributed by atoms with Crippen molar-refractivity contribution in [1.82, 2.24) is 5.32 Å². The summed E-state index contributed by atoms with van der Waals surface area (Å²) in [7, 11) is 2.01. The summed E-state index contributed by atoms with van der Waals surface area (Å²) in [6.07, 6.45) is 8.27. The summed E-state index contributed by atoms with van der Waals surface area (Å²) in [6, 6.07) is 0. The second-order valence-corrected chi connectivity index (χ2v) is 4.76. The molecule has 0 amide bonds. The van der Waals surface area contributed by atoms with E-state index in [1.807, 2.05) is 7.05 Å². The van der Waals surface area contributed by atoms with Gasteiger partial charge in [0.15, 0.2) is 0 Å². The van der Waals surface area contributed by atoms with Gasteiger partial charge in [0, 0.05) is 5.54 Å². The van der Waals surface area contributed by atoms with Gasteiger partial charge < -0.3 is 5.32 Å². The molecule has 1 unspecified atom stereocenters. The Hall–Kier alpha value is -0.370. The molecule has 0 saturated carbocycles. The van der Waals surface area contributed by atoms with Crippen molar-refractivity contribution in [3.8, 4) is 0 Å². The second kappa shape index (κ2) is 4.43. The van der Waals surface area contributed by atoms with Crippen LogP contribution >= 0.6 is 0 Å².